The van der Waals surface area contributed by atoms with Gasteiger partial charge >= 0.3 is 5.97 Å². The third kappa shape index (κ3) is 5.47. The molecule has 2 rings (SSSR count). The highest BCUT2D eigenvalue weighted by molar-refractivity contribution is 9.10. The van der Waals surface area contributed by atoms with Crippen molar-refractivity contribution in [1.29, 1.82) is 0 Å². The quantitative estimate of drug-likeness (QED) is 0.716. The molecule has 2 amide bonds. The fourth-order valence-corrected chi connectivity index (χ4v) is 2.88. The molecule has 0 bridgehead atoms. The minimum atomic E-state index is -0.560. The van der Waals surface area contributed by atoms with E-state index in [-0.39, 0.29) is 12.5 Å². The van der Waals surface area contributed by atoms with Crippen LogP contribution in [0.4, 0.5) is 5.69 Å². The van der Waals surface area contributed by atoms with E-state index >= 15 is 0 Å². The van der Waals surface area contributed by atoms with Crippen LogP contribution in [0.1, 0.15) is 15.2 Å². The Balaban J connectivity index is 1.73. The van der Waals surface area contributed by atoms with Gasteiger partial charge < -0.3 is 15.4 Å². The van der Waals surface area contributed by atoms with Crippen LogP contribution in [0.3, 0.4) is 0 Å². The van der Waals surface area contributed by atoms with E-state index in [1.165, 1.54) is 11.3 Å². The first-order valence-corrected chi connectivity index (χ1v) is 8.66. The van der Waals surface area contributed by atoms with Gasteiger partial charge in [0, 0.05) is 10.2 Å². The van der Waals surface area contributed by atoms with E-state index in [0.717, 1.165) is 10.0 Å². The lowest BCUT2D eigenvalue weighted by molar-refractivity contribution is -0.126. The molecule has 24 heavy (non-hydrogen) atoms. The van der Waals surface area contributed by atoms with Crippen molar-refractivity contribution in [1.82, 2.24) is 5.32 Å². The Morgan fingerprint density at radius 1 is 1.21 bits per heavy atom. The van der Waals surface area contributed by atoms with E-state index in [0.29, 0.717) is 10.6 Å². The van der Waals surface area contributed by atoms with E-state index in [1.807, 2.05) is 19.1 Å². The third-order valence-electron chi connectivity index (χ3n) is 2.97. The summed E-state index contributed by atoms with van der Waals surface area (Å²) in [5.74, 6) is -1.46. The molecule has 8 heteroatoms. The zero-order valence-electron chi connectivity index (χ0n) is 12.8. The van der Waals surface area contributed by atoms with Crippen LogP contribution in [0.15, 0.2) is 40.2 Å². The molecule has 1 aromatic carbocycles. The van der Waals surface area contributed by atoms with Gasteiger partial charge in [0.15, 0.2) is 6.61 Å². The smallest absolute Gasteiger partial charge is 0.348 e. The van der Waals surface area contributed by atoms with Gasteiger partial charge in [-0.1, -0.05) is 22.0 Å². The fourth-order valence-electron chi connectivity index (χ4n) is 1.79. The first kappa shape index (κ1) is 18.2. The van der Waals surface area contributed by atoms with Crippen LogP contribution in [0.5, 0.6) is 0 Å². The standard InChI is InChI=1S/C16H15BrN2O4S/c1-10-7-11(17)4-5-12(10)19-14(20)8-18-15(21)9-23-16(22)13-3-2-6-24-13/h2-7H,8-9H2,1H3,(H,18,21)(H,19,20). The predicted octanol–water partition coefficient (Wildman–Crippen LogP) is 2.73. The molecule has 0 fully saturated rings. The van der Waals surface area contributed by atoms with Crippen LogP contribution in [0.2, 0.25) is 0 Å². The monoisotopic (exact) mass is 410 g/mol. The molecule has 2 N–H and O–H groups in total. The lowest BCUT2D eigenvalue weighted by atomic mass is 10.2. The minimum Gasteiger partial charge on any atom is -0.451 e. The van der Waals surface area contributed by atoms with Crippen LogP contribution in [-0.4, -0.2) is 30.9 Å². The maximum atomic E-state index is 11.8. The van der Waals surface area contributed by atoms with E-state index in [9.17, 15) is 14.4 Å². The van der Waals surface area contributed by atoms with Crippen LogP contribution in [-0.2, 0) is 14.3 Å². The average Bonchev–Trinajstić information content (AvgIpc) is 3.08. The number of carbonyl (C=O) groups excluding carboxylic acids is 3. The Bertz CT molecular complexity index is 747. The number of hydrogen-bond acceptors (Lipinski definition) is 5. The number of rotatable bonds is 6. The van der Waals surface area contributed by atoms with Gasteiger partial charge in [-0.25, -0.2) is 4.79 Å². The molecule has 0 unspecified atom stereocenters. The van der Waals surface area contributed by atoms with Gasteiger partial charge in [0.2, 0.25) is 5.91 Å². The molecular weight excluding hydrogens is 396 g/mol. The summed E-state index contributed by atoms with van der Waals surface area (Å²) in [7, 11) is 0. The summed E-state index contributed by atoms with van der Waals surface area (Å²) in [6.07, 6.45) is 0. The number of aryl methyl sites for hydroxylation is 1. The Hall–Kier alpha value is -2.19. The highest BCUT2D eigenvalue weighted by Crippen LogP contribution is 2.19. The number of halogens is 1. The van der Waals surface area contributed by atoms with E-state index in [1.54, 1.807) is 23.6 Å². The Morgan fingerprint density at radius 2 is 2.00 bits per heavy atom. The number of ether oxygens (including phenoxy) is 1. The third-order valence-corrected chi connectivity index (χ3v) is 4.31. The molecule has 2 aromatic rings. The van der Waals surface area contributed by atoms with Gasteiger partial charge in [0.1, 0.15) is 4.88 Å². The Morgan fingerprint density at radius 3 is 2.67 bits per heavy atom. The number of benzene rings is 1. The fraction of sp³-hybridized carbons (Fsp3) is 0.188. The van der Waals surface area contributed by atoms with Crippen LogP contribution in [0, 0.1) is 6.92 Å². The number of hydrogen-bond donors (Lipinski definition) is 2. The van der Waals surface area contributed by atoms with Gasteiger partial charge in [-0.15, -0.1) is 11.3 Å². The Kier molecular flexibility index (Phi) is 6.51. The van der Waals surface area contributed by atoms with Crippen molar-refractivity contribution in [2.75, 3.05) is 18.5 Å². The van der Waals surface area contributed by atoms with Crippen LogP contribution >= 0.6 is 27.3 Å². The number of anilines is 1. The molecule has 1 heterocycles. The molecule has 0 atom stereocenters. The van der Waals surface area contributed by atoms with Gasteiger partial charge in [-0.2, -0.15) is 0 Å². The maximum absolute atomic E-state index is 11.8. The highest BCUT2D eigenvalue weighted by atomic mass is 79.9. The van der Waals surface area contributed by atoms with Crippen molar-refractivity contribution in [3.8, 4) is 0 Å². The summed E-state index contributed by atoms with van der Waals surface area (Å²) >= 11 is 4.58. The van der Waals surface area contributed by atoms with E-state index < -0.39 is 18.5 Å². The SMILES string of the molecule is Cc1cc(Br)ccc1NC(=O)CNC(=O)COC(=O)c1cccs1. The molecule has 0 spiro atoms. The zero-order chi connectivity index (χ0) is 17.5. The molecule has 0 aliphatic carbocycles. The summed E-state index contributed by atoms with van der Waals surface area (Å²) in [5, 5.41) is 6.84. The molecule has 126 valence electrons. The van der Waals surface area contributed by atoms with Crippen molar-refractivity contribution in [2.45, 2.75) is 6.92 Å². The van der Waals surface area contributed by atoms with E-state index in [2.05, 4.69) is 26.6 Å². The topological polar surface area (TPSA) is 84.5 Å². The van der Waals surface area contributed by atoms with Crippen molar-refractivity contribution in [3.63, 3.8) is 0 Å². The van der Waals surface area contributed by atoms with Gasteiger partial charge in [-0.05, 0) is 42.1 Å². The second kappa shape index (κ2) is 8.60. The average molecular weight is 411 g/mol. The van der Waals surface area contributed by atoms with Gasteiger partial charge in [0.05, 0.1) is 6.54 Å². The molecule has 6 nitrogen and oxygen atoms in total. The summed E-state index contributed by atoms with van der Waals surface area (Å²) < 4.78 is 5.77. The minimum absolute atomic E-state index is 0.203. The highest BCUT2D eigenvalue weighted by Gasteiger charge is 2.12. The lowest BCUT2D eigenvalue weighted by Crippen LogP contribution is -2.35. The molecule has 0 saturated heterocycles. The summed E-state index contributed by atoms with van der Waals surface area (Å²) in [6.45, 7) is 1.23. The second-order valence-corrected chi connectivity index (χ2v) is 6.70. The van der Waals surface area contributed by atoms with Crippen molar-refractivity contribution in [3.05, 3.63) is 50.6 Å². The predicted molar refractivity (Wildman–Crippen MR) is 95.1 cm³/mol. The molecule has 0 aliphatic rings. The van der Waals surface area contributed by atoms with Crippen molar-refractivity contribution >= 4 is 50.7 Å². The number of thiophene rings is 1. The number of esters is 1. The number of amides is 2. The summed E-state index contributed by atoms with van der Waals surface area (Å²) in [6, 6.07) is 8.78. The molecular formula is C16H15BrN2O4S. The summed E-state index contributed by atoms with van der Waals surface area (Å²) in [5.41, 5.74) is 1.57. The first-order chi connectivity index (χ1) is 11.5. The molecule has 0 aliphatic heterocycles. The number of nitrogens with one attached hydrogen (secondary N) is 2. The van der Waals surface area contributed by atoms with Crippen LogP contribution in [0.25, 0.3) is 0 Å². The summed E-state index contributed by atoms with van der Waals surface area (Å²) in [4.78, 5) is 35.5. The normalized spacial score (nSPS) is 10.1. The lowest BCUT2D eigenvalue weighted by Gasteiger charge is -2.09. The largest absolute Gasteiger partial charge is 0.451 e. The van der Waals surface area contributed by atoms with Crippen LogP contribution < -0.4 is 10.6 Å². The molecule has 1 aromatic heterocycles. The first-order valence-electron chi connectivity index (χ1n) is 6.99. The Labute approximate surface area is 151 Å². The van der Waals surface area contributed by atoms with Gasteiger partial charge in [0.25, 0.3) is 5.91 Å². The number of carbonyl (C=O) groups is 3. The maximum Gasteiger partial charge on any atom is 0.348 e. The van der Waals surface area contributed by atoms with E-state index in [4.69, 9.17) is 4.74 Å². The van der Waals surface area contributed by atoms with Gasteiger partial charge in [-0.3, -0.25) is 9.59 Å². The zero-order valence-corrected chi connectivity index (χ0v) is 15.2. The second-order valence-electron chi connectivity index (χ2n) is 4.84. The van der Waals surface area contributed by atoms with Crippen molar-refractivity contribution < 1.29 is 19.1 Å². The molecule has 0 saturated carbocycles. The van der Waals surface area contributed by atoms with Crippen molar-refractivity contribution in [2.24, 2.45) is 0 Å². The molecule has 0 radical (unpaired) electrons.